The zero-order chi connectivity index (χ0) is 8.27. The first-order valence-corrected chi connectivity index (χ1v) is 3.49. The van der Waals surface area contributed by atoms with Crippen LogP contribution in [0, 0.1) is 0 Å². The molecule has 0 saturated carbocycles. The van der Waals surface area contributed by atoms with Crippen molar-refractivity contribution in [2.75, 3.05) is 0 Å². The van der Waals surface area contributed by atoms with Crippen LogP contribution in [0.25, 0.3) is 5.57 Å². The van der Waals surface area contributed by atoms with Crippen LogP contribution in [-0.2, 0) is 0 Å². The van der Waals surface area contributed by atoms with Crippen molar-refractivity contribution < 1.29 is 5.11 Å². The van der Waals surface area contributed by atoms with Gasteiger partial charge in [-0.1, -0.05) is 6.07 Å². The van der Waals surface area contributed by atoms with Crippen LogP contribution >= 0.6 is 0 Å². The zero-order valence-corrected chi connectivity index (χ0v) is 6.70. The minimum Gasteiger partial charge on any atom is -0.512 e. The molecule has 1 aromatic heterocycles. The smallest absolute Gasteiger partial charge is 0.0942 e. The molecule has 0 radical (unpaired) electrons. The van der Waals surface area contributed by atoms with Crippen molar-refractivity contribution in [3.8, 4) is 0 Å². The fraction of sp³-hybridized carbons (Fsp3) is 0.222. The van der Waals surface area contributed by atoms with Gasteiger partial charge in [0, 0.05) is 11.8 Å². The molecule has 0 aromatic carbocycles. The highest BCUT2D eigenvalue weighted by Crippen LogP contribution is 2.12. The lowest BCUT2D eigenvalue weighted by Gasteiger charge is -1.99. The van der Waals surface area contributed by atoms with E-state index in [1.54, 1.807) is 13.1 Å². The SMILES string of the molecule is C/C(O)=C(\C)c1ccccn1. The van der Waals surface area contributed by atoms with Crippen molar-refractivity contribution in [1.29, 1.82) is 0 Å². The normalized spacial score (nSPS) is 12.5. The monoisotopic (exact) mass is 149 g/mol. The van der Waals surface area contributed by atoms with Gasteiger partial charge in [0.15, 0.2) is 0 Å². The summed E-state index contributed by atoms with van der Waals surface area (Å²) in [5.74, 6) is 0.323. The Morgan fingerprint density at radius 1 is 1.36 bits per heavy atom. The summed E-state index contributed by atoms with van der Waals surface area (Å²) in [4.78, 5) is 4.08. The molecule has 0 fully saturated rings. The van der Waals surface area contributed by atoms with Gasteiger partial charge in [0.1, 0.15) is 0 Å². The van der Waals surface area contributed by atoms with Crippen LogP contribution in [0.3, 0.4) is 0 Å². The summed E-state index contributed by atoms with van der Waals surface area (Å²) in [5.41, 5.74) is 1.65. The number of pyridine rings is 1. The first-order valence-electron chi connectivity index (χ1n) is 3.49. The number of aliphatic hydroxyl groups excluding tert-OH is 1. The Hall–Kier alpha value is -1.31. The second-order valence-electron chi connectivity index (χ2n) is 2.43. The van der Waals surface area contributed by atoms with Gasteiger partial charge in [0.25, 0.3) is 0 Å². The highest BCUT2D eigenvalue weighted by Gasteiger charge is 1.97. The van der Waals surface area contributed by atoms with Crippen molar-refractivity contribution in [1.82, 2.24) is 4.98 Å². The molecule has 0 unspecified atom stereocenters. The molecule has 11 heavy (non-hydrogen) atoms. The highest BCUT2D eigenvalue weighted by molar-refractivity contribution is 5.61. The van der Waals surface area contributed by atoms with Crippen LogP contribution in [0.5, 0.6) is 0 Å². The molecule has 1 rings (SSSR count). The minimum absolute atomic E-state index is 0.323. The molecule has 0 saturated heterocycles. The first-order chi connectivity index (χ1) is 5.22. The molecule has 0 aliphatic rings. The van der Waals surface area contributed by atoms with Gasteiger partial charge in [-0.25, -0.2) is 0 Å². The van der Waals surface area contributed by atoms with Crippen LogP contribution in [0.4, 0.5) is 0 Å². The van der Waals surface area contributed by atoms with Crippen LogP contribution in [0.1, 0.15) is 19.5 Å². The standard InChI is InChI=1S/C9H11NO/c1-7(8(2)11)9-5-3-4-6-10-9/h3-6,11H,1-2H3/b8-7-. The van der Waals surface area contributed by atoms with Crippen molar-refractivity contribution in [3.05, 3.63) is 35.8 Å². The Morgan fingerprint density at radius 3 is 2.55 bits per heavy atom. The van der Waals surface area contributed by atoms with E-state index in [4.69, 9.17) is 5.11 Å². The van der Waals surface area contributed by atoms with Crippen LogP contribution in [-0.4, -0.2) is 10.1 Å². The molecule has 0 bridgehead atoms. The summed E-state index contributed by atoms with van der Waals surface area (Å²) in [7, 11) is 0. The Balaban J connectivity index is 3.04. The highest BCUT2D eigenvalue weighted by atomic mass is 16.3. The van der Waals surface area contributed by atoms with Gasteiger partial charge in [0.05, 0.1) is 11.5 Å². The van der Waals surface area contributed by atoms with Gasteiger partial charge in [-0.05, 0) is 26.0 Å². The number of hydrogen-bond acceptors (Lipinski definition) is 2. The van der Waals surface area contributed by atoms with E-state index < -0.39 is 0 Å². The topological polar surface area (TPSA) is 33.1 Å². The maximum atomic E-state index is 9.11. The average molecular weight is 149 g/mol. The van der Waals surface area contributed by atoms with Crippen molar-refractivity contribution in [2.24, 2.45) is 0 Å². The minimum atomic E-state index is 0.323. The maximum Gasteiger partial charge on any atom is 0.0942 e. The van der Waals surface area contributed by atoms with Crippen molar-refractivity contribution in [3.63, 3.8) is 0 Å². The molecule has 0 atom stereocenters. The predicted octanol–water partition coefficient (Wildman–Crippen LogP) is 2.39. The summed E-state index contributed by atoms with van der Waals surface area (Å²) < 4.78 is 0. The number of aliphatic hydroxyl groups is 1. The van der Waals surface area contributed by atoms with E-state index in [9.17, 15) is 0 Å². The molecule has 0 amide bonds. The fourth-order valence-electron chi connectivity index (χ4n) is 0.770. The molecule has 1 heterocycles. The van der Waals surface area contributed by atoms with Crippen LogP contribution in [0.15, 0.2) is 30.2 Å². The summed E-state index contributed by atoms with van der Waals surface area (Å²) in [5, 5.41) is 9.11. The second-order valence-corrected chi connectivity index (χ2v) is 2.43. The van der Waals surface area contributed by atoms with Crippen LogP contribution < -0.4 is 0 Å². The van der Waals surface area contributed by atoms with E-state index in [2.05, 4.69) is 4.98 Å². The second kappa shape index (κ2) is 3.19. The molecule has 0 spiro atoms. The first kappa shape index (κ1) is 7.79. The third-order valence-corrected chi connectivity index (χ3v) is 1.59. The summed E-state index contributed by atoms with van der Waals surface area (Å²) in [6.45, 7) is 3.50. The number of allylic oxidation sites excluding steroid dienone is 2. The van der Waals surface area contributed by atoms with Crippen LogP contribution in [0.2, 0.25) is 0 Å². The van der Waals surface area contributed by atoms with Crippen molar-refractivity contribution in [2.45, 2.75) is 13.8 Å². The molecule has 1 N–H and O–H groups in total. The van der Waals surface area contributed by atoms with E-state index >= 15 is 0 Å². The largest absolute Gasteiger partial charge is 0.512 e. The van der Waals surface area contributed by atoms with E-state index in [1.807, 2.05) is 25.1 Å². The maximum absolute atomic E-state index is 9.11. The van der Waals surface area contributed by atoms with Gasteiger partial charge in [-0.15, -0.1) is 0 Å². The van der Waals surface area contributed by atoms with E-state index in [-0.39, 0.29) is 0 Å². The van der Waals surface area contributed by atoms with E-state index in [0.29, 0.717) is 5.76 Å². The van der Waals surface area contributed by atoms with E-state index in [1.165, 1.54) is 0 Å². The molecular weight excluding hydrogens is 138 g/mol. The lowest BCUT2D eigenvalue weighted by atomic mass is 10.2. The van der Waals surface area contributed by atoms with E-state index in [0.717, 1.165) is 11.3 Å². The van der Waals surface area contributed by atoms with Gasteiger partial charge >= 0.3 is 0 Å². The molecule has 2 heteroatoms. The quantitative estimate of drug-likeness (QED) is 0.622. The zero-order valence-electron chi connectivity index (χ0n) is 6.70. The number of hydrogen-bond donors (Lipinski definition) is 1. The number of nitrogens with zero attached hydrogens (tertiary/aromatic N) is 1. The average Bonchev–Trinajstić information content (AvgIpc) is 2.05. The Bertz CT molecular complexity index is 260. The third kappa shape index (κ3) is 1.80. The third-order valence-electron chi connectivity index (χ3n) is 1.59. The van der Waals surface area contributed by atoms with Gasteiger partial charge < -0.3 is 5.11 Å². The van der Waals surface area contributed by atoms with Crippen molar-refractivity contribution >= 4 is 5.57 Å². The summed E-state index contributed by atoms with van der Waals surface area (Å²) >= 11 is 0. The van der Waals surface area contributed by atoms with Gasteiger partial charge in [-0.2, -0.15) is 0 Å². The molecule has 0 aliphatic carbocycles. The molecular formula is C9H11NO. The molecule has 0 aliphatic heterocycles. The lowest BCUT2D eigenvalue weighted by Crippen LogP contribution is -1.86. The number of rotatable bonds is 1. The molecule has 1 aromatic rings. The summed E-state index contributed by atoms with van der Waals surface area (Å²) in [6.07, 6.45) is 1.71. The molecule has 58 valence electrons. The predicted molar refractivity (Wildman–Crippen MR) is 45.1 cm³/mol. The number of aromatic nitrogens is 1. The summed E-state index contributed by atoms with van der Waals surface area (Å²) in [6, 6.07) is 5.62. The Morgan fingerprint density at radius 2 is 2.09 bits per heavy atom. The van der Waals surface area contributed by atoms with Gasteiger partial charge in [-0.3, -0.25) is 4.98 Å². The molecule has 2 nitrogen and oxygen atoms in total. The Kier molecular flexibility index (Phi) is 2.26. The Labute approximate surface area is 66.2 Å². The lowest BCUT2D eigenvalue weighted by molar-refractivity contribution is 0.416. The van der Waals surface area contributed by atoms with Gasteiger partial charge in [0.2, 0.25) is 0 Å². The fourth-order valence-corrected chi connectivity index (χ4v) is 0.770.